The Morgan fingerprint density at radius 3 is 2.54 bits per heavy atom. The quantitative estimate of drug-likeness (QED) is 0.314. The molecule has 0 fully saturated rings. The number of nitrogens with one attached hydrogen (secondary N) is 3. The minimum Gasteiger partial charge on any atom is -0.383 e. The van der Waals surface area contributed by atoms with Gasteiger partial charge in [0.15, 0.2) is 0 Å². The zero-order chi connectivity index (χ0) is 24.8. The lowest BCUT2D eigenvalue weighted by atomic mass is 9.99. The first-order valence-corrected chi connectivity index (χ1v) is 11.3. The van der Waals surface area contributed by atoms with Gasteiger partial charge in [0, 0.05) is 42.0 Å². The third kappa shape index (κ3) is 5.99. The Hall–Kier alpha value is -4.30. The van der Waals surface area contributed by atoms with Gasteiger partial charge in [0.1, 0.15) is 12.2 Å². The van der Waals surface area contributed by atoms with Crippen LogP contribution in [0, 0.1) is 5.41 Å². The van der Waals surface area contributed by atoms with Crippen molar-refractivity contribution in [2.75, 3.05) is 18.9 Å². The summed E-state index contributed by atoms with van der Waals surface area (Å²) in [6.07, 6.45) is 1.87. The zero-order valence-corrected chi connectivity index (χ0v) is 19.5. The van der Waals surface area contributed by atoms with Gasteiger partial charge in [-0.3, -0.25) is 15.0 Å². The molecule has 0 unspecified atom stereocenters. The average Bonchev–Trinajstić information content (AvgIpc) is 2.87. The molecule has 0 saturated heterocycles. The molecule has 0 saturated carbocycles. The number of hydrogen-bond acceptors (Lipinski definition) is 4. The summed E-state index contributed by atoms with van der Waals surface area (Å²) in [6.45, 7) is 2.18. The number of hydrogen-bond donors (Lipinski definition) is 4. The lowest BCUT2D eigenvalue weighted by Gasteiger charge is -2.25. The number of benzene rings is 3. The van der Waals surface area contributed by atoms with E-state index in [9.17, 15) is 9.59 Å². The van der Waals surface area contributed by atoms with Crippen LogP contribution in [0.2, 0.25) is 0 Å². The molecule has 0 radical (unpaired) electrons. The minimum absolute atomic E-state index is 0.166. The fourth-order valence-corrected chi connectivity index (χ4v) is 4.05. The van der Waals surface area contributed by atoms with Crippen LogP contribution in [-0.4, -0.2) is 42.5 Å². The number of aliphatic imine (C=N–C) groups is 1. The first kappa shape index (κ1) is 23.8. The van der Waals surface area contributed by atoms with Gasteiger partial charge in [-0.1, -0.05) is 30.3 Å². The summed E-state index contributed by atoms with van der Waals surface area (Å²) in [4.78, 5) is 31.5. The summed E-state index contributed by atoms with van der Waals surface area (Å²) >= 11 is 0. The summed E-state index contributed by atoms with van der Waals surface area (Å²) in [5.41, 5.74) is 11.5. The predicted molar refractivity (Wildman–Crippen MR) is 138 cm³/mol. The summed E-state index contributed by atoms with van der Waals surface area (Å²) in [5.74, 6) is -0.307. The van der Waals surface area contributed by atoms with Gasteiger partial charge in [0.25, 0.3) is 11.8 Å². The molecule has 8 heteroatoms. The summed E-state index contributed by atoms with van der Waals surface area (Å²) in [5, 5.41) is 12.9. The molecule has 2 amide bonds. The molecule has 35 heavy (non-hydrogen) atoms. The van der Waals surface area contributed by atoms with Crippen LogP contribution in [0.1, 0.15) is 43.0 Å². The molecule has 1 aliphatic heterocycles. The van der Waals surface area contributed by atoms with Gasteiger partial charge < -0.3 is 21.3 Å². The lowest BCUT2D eigenvalue weighted by molar-refractivity contribution is 0.0950. The molecule has 178 valence electrons. The van der Waals surface area contributed by atoms with Crippen LogP contribution in [0.3, 0.4) is 0 Å². The molecule has 0 atom stereocenters. The van der Waals surface area contributed by atoms with Gasteiger partial charge in [-0.05, 0) is 66.6 Å². The number of rotatable bonds is 7. The van der Waals surface area contributed by atoms with Crippen molar-refractivity contribution in [1.29, 1.82) is 5.41 Å². The minimum atomic E-state index is -0.275. The molecule has 1 aliphatic rings. The first-order valence-electron chi connectivity index (χ1n) is 11.3. The predicted octanol–water partition coefficient (Wildman–Crippen LogP) is 3.17. The highest BCUT2D eigenvalue weighted by Crippen LogP contribution is 2.22. The number of fused-ring (bicyclic) bond motifs is 1. The van der Waals surface area contributed by atoms with E-state index in [1.807, 2.05) is 18.2 Å². The van der Waals surface area contributed by atoms with E-state index in [2.05, 4.69) is 33.6 Å². The molecule has 0 aromatic heterocycles. The Kier molecular flexibility index (Phi) is 7.32. The maximum absolute atomic E-state index is 12.9. The highest BCUT2D eigenvalue weighted by Gasteiger charge is 2.15. The summed E-state index contributed by atoms with van der Waals surface area (Å²) in [6, 6.07) is 20.0. The van der Waals surface area contributed by atoms with Crippen LogP contribution in [0.4, 0.5) is 5.69 Å². The van der Waals surface area contributed by atoms with E-state index in [-0.39, 0.29) is 24.2 Å². The number of carbonyl (C=O) groups excluding carboxylic acids is 2. The molecule has 0 bridgehead atoms. The molecule has 0 aliphatic carbocycles. The maximum Gasteiger partial charge on any atom is 0.255 e. The van der Waals surface area contributed by atoms with Crippen molar-refractivity contribution >= 4 is 29.7 Å². The van der Waals surface area contributed by atoms with Crippen LogP contribution in [0.25, 0.3) is 0 Å². The van der Waals surface area contributed by atoms with Crippen molar-refractivity contribution in [3.63, 3.8) is 0 Å². The van der Waals surface area contributed by atoms with Gasteiger partial charge >= 0.3 is 0 Å². The number of likely N-dealkylation sites (N-methyl/N-ethyl adjacent to an activating group) is 1. The van der Waals surface area contributed by atoms with Crippen LogP contribution in [-0.2, 0) is 19.5 Å². The fourth-order valence-electron chi connectivity index (χ4n) is 4.05. The van der Waals surface area contributed by atoms with Gasteiger partial charge in [0.2, 0.25) is 0 Å². The van der Waals surface area contributed by atoms with Crippen molar-refractivity contribution in [2.24, 2.45) is 10.7 Å². The van der Waals surface area contributed by atoms with Gasteiger partial charge in [-0.25, -0.2) is 4.99 Å². The van der Waals surface area contributed by atoms with Crippen molar-refractivity contribution in [3.8, 4) is 0 Å². The fraction of sp³-hybridized carbons (Fsp3) is 0.185. The molecular formula is C27H28N6O2. The number of nitrogens with two attached hydrogens (primary N) is 1. The second kappa shape index (κ2) is 10.8. The third-order valence-corrected chi connectivity index (χ3v) is 5.93. The molecule has 3 aromatic rings. The van der Waals surface area contributed by atoms with E-state index in [0.717, 1.165) is 37.1 Å². The molecular weight excluding hydrogens is 440 g/mol. The van der Waals surface area contributed by atoms with Crippen LogP contribution < -0.4 is 16.4 Å². The molecule has 4 rings (SSSR count). The van der Waals surface area contributed by atoms with Gasteiger partial charge in [-0.15, -0.1) is 0 Å². The number of anilines is 1. The number of nitrogens with zero attached hydrogens (tertiary/aromatic N) is 2. The van der Waals surface area contributed by atoms with E-state index in [0.29, 0.717) is 16.7 Å². The Morgan fingerprint density at radius 1 is 1.00 bits per heavy atom. The molecule has 1 heterocycles. The Labute approximate surface area is 204 Å². The van der Waals surface area contributed by atoms with Gasteiger partial charge in [-0.2, -0.15) is 0 Å². The number of carbonyl (C=O) groups is 2. The Balaban J connectivity index is 1.39. The second-order valence-corrected chi connectivity index (χ2v) is 8.53. The molecule has 3 aromatic carbocycles. The third-order valence-electron chi connectivity index (χ3n) is 5.93. The van der Waals surface area contributed by atoms with Crippen LogP contribution in [0.5, 0.6) is 0 Å². The van der Waals surface area contributed by atoms with Crippen molar-refractivity contribution < 1.29 is 9.59 Å². The topological polar surface area (TPSA) is 124 Å². The molecule has 5 N–H and O–H groups in total. The van der Waals surface area contributed by atoms with Crippen molar-refractivity contribution in [2.45, 2.75) is 19.5 Å². The Bertz CT molecular complexity index is 1300. The standard InChI is InChI=1S/C27H28N6O2/c1-33-11-10-19-8-9-24(14-23(19)16-33)32-27(35)21-6-2-4-18(12-21)15-30-26(34)22-7-3-5-20(13-22)25(29)31-17-28/h2-9,12-14,17H,10-11,15-16H2,1H3,(H,30,34)(H,32,35)(H3,28,29,31). The van der Waals surface area contributed by atoms with E-state index in [1.54, 1.807) is 42.5 Å². The SMILES string of the molecule is CN1CCc2ccc(NC(=O)c3cccc(CNC(=O)c4cccc(C(N)=NC=N)c4)c3)cc2C1. The Morgan fingerprint density at radius 2 is 1.74 bits per heavy atom. The van der Waals surface area contributed by atoms with E-state index < -0.39 is 0 Å². The summed E-state index contributed by atoms with van der Waals surface area (Å²) in [7, 11) is 2.09. The smallest absolute Gasteiger partial charge is 0.255 e. The van der Waals surface area contributed by atoms with E-state index in [1.165, 1.54) is 11.1 Å². The largest absolute Gasteiger partial charge is 0.383 e. The monoisotopic (exact) mass is 468 g/mol. The normalized spacial score (nSPS) is 13.6. The molecule has 0 spiro atoms. The maximum atomic E-state index is 12.9. The first-order chi connectivity index (χ1) is 16.9. The lowest BCUT2D eigenvalue weighted by Crippen LogP contribution is -2.26. The summed E-state index contributed by atoms with van der Waals surface area (Å²) < 4.78 is 0. The van der Waals surface area contributed by atoms with Crippen LogP contribution >= 0.6 is 0 Å². The average molecular weight is 469 g/mol. The van der Waals surface area contributed by atoms with Crippen molar-refractivity contribution in [1.82, 2.24) is 10.2 Å². The number of amides is 2. The van der Waals surface area contributed by atoms with E-state index >= 15 is 0 Å². The zero-order valence-electron chi connectivity index (χ0n) is 19.5. The van der Waals surface area contributed by atoms with Crippen LogP contribution in [0.15, 0.2) is 71.7 Å². The van der Waals surface area contributed by atoms with Gasteiger partial charge in [0.05, 0.1) is 0 Å². The number of amidine groups is 1. The highest BCUT2D eigenvalue weighted by atomic mass is 16.2. The highest BCUT2D eigenvalue weighted by molar-refractivity contribution is 6.05. The van der Waals surface area contributed by atoms with E-state index in [4.69, 9.17) is 11.1 Å². The second-order valence-electron chi connectivity index (χ2n) is 8.53. The molecule has 8 nitrogen and oxygen atoms in total. The van der Waals surface area contributed by atoms with Crippen molar-refractivity contribution in [3.05, 3.63) is 100 Å².